The van der Waals surface area contributed by atoms with Gasteiger partial charge in [0.25, 0.3) is 0 Å². The molecular formula is C21H29BO. The van der Waals surface area contributed by atoms with E-state index in [-0.39, 0.29) is 27.5 Å². The molecule has 0 heterocycles. The van der Waals surface area contributed by atoms with E-state index in [4.69, 9.17) is 7.85 Å². The van der Waals surface area contributed by atoms with Crippen molar-refractivity contribution in [3.8, 4) is 0 Å². The van der Waals surface area contributed by atoms with E-state index in [1.807, 2.05) is 0 Å². The van der Waals surface area contributed by atoms with Crippen molar-refractivity contribution in [3.05, 3.63) is 23.3 Å². The first-order valence-corrected chi connectivity index (χ1v) is 9.39. The molecule has 5 atom stereocenters. The molecule has 0 spiro atoms. The number of hydrogen-bond donors (Lipinski definition) is 0. The first-order valence-electron chi connectivity index (χ1n) is 9.39. The third-order valence-corrected chi connectivity index (χ3v) is 9.09. The molecular weight excluding hydrogens is 279 g/mol. The maximum atomic E-state index is 12.7. The quantitative estimate of drug-likeness (QED) is 0.564. The molecule has 0 saturated heterocycles. The van der Waals surface area contributed by atoms with Gasteiger partial charge in [0.05, 0.1) is 7.85 Å². The third-order valence-electron chi connectivity index (χ3n) is 9.09. The van der Waals surface area contributed by atoms with Crippen LogP contribution in [0.1, 0.15) is 72.6 Å². The Hall–Kier alpha value is -0.785. The molecule has 0 bridgehead atoms. The highest BCUT2D eigenvalue weighted by atomic mass is 16.1. The van der Waals surface area contributed by atoms with Crippen molar-refractivity contribution < 1.29 is 4.79 Å². The van der Waals surface area contributed by atoms with Crippen LogP contribution in [0.5, 0.6) is 0 Å². The molecule has 3 fully saturated rings. The Balaban J connectivity index is 1.87. The summed E-state index contributed by atoms with van der Waals surface area (Å²) in [7, 11) is 6.17. The third kappa shape index (κ3) is 1.59. The van der Waals surface area contributed by atoms with Crippen LogP contribution in [0.25, 0.3) is 0 Å². The van der Waals surface area contributed by atoms with Gasteiger partial charge < -0.3 is 0 Å². The average molecular weight is 308 g/mol. The van der Waals surface area contributed by atoms with Crippen LogP contribution in [0.2, 0.25) is 5.82 Å². The first kappa shape index (κ1) is 15.7. The minimum atomic E-state index is -0.117. The van der Waals surface area contributed by atoms with Crippen LogP contribution in [0, 0.1) is 21.7 Å². The highest BCUT2D eigenvalue weighted by Crippen LogP contribution is 2.76. The van der Waals surface area contributed by atoms with Crippen LogP contribution in [0.3, 0.4) is 0 Å². The Labute approximate surface area is 142 Å². The number of allylic oxidation sites excluding steroid dienone is 4. The molecule has 1 nitrogen and oxygen atoms in total. The maximum Gasteiger partial charge on any atom is 0.139 e. The zero-order valence-corrected chi connectivity index (χ0v) is 15.2. The van der Waals surface area contributed by atoms with E-state index in [9.17, 15) is 4.79 Å². The summed E-state index contributed by atoms with van der Waals surface area (Å²) < 4.78 is 0. The second-order valence-electron chi connectivity index (χ2n) is 9.46. The lowest BCUT2D eigenvalue weighted by molar-refractivity contribution is -0.167. The summed E-state index contributed by atoms with van der Waals surface area (Å²) in [5, 5.41) is 0. The molecule has 4 rings (SSSR count). The number of hydrogen-bond acceptors (Lipinski definition) is 1. The van der Waals surface area contributed by atoms with Gasteiger partial charge in [-0.1, -0.05) is 45.7 Å². The molecule has 0 aromatic heterocycles. The van der Waals surface area contributed by atoms with E-state index >= 15 is 0 Å². The maximum absolute atomic E-state index is 12.7. The van der Waals surface area contributed by atoms with Crippen molar-refractivity contribution in [2.75, 3.05) is 0 Å². The SMILES string of the molecule is [B]C1C=C2CC[C@@]3(C)[C@]4(C)CCC(=O)[C@@]4(C)CC[C@]3(C)C2=CC1. The summed E-state index contributed by atoms with van der Waals surface area (Å²) in [5.74, 6) is 0.712. The summed E-state index contributed by atoms with van der Waals surface area (Å²) in [6.45, 7) is 9.67. The largest absolute Gasteiger partial charge is 0.299 e. The van der Waals surface area contributed by atoms with E-state index in [1.165, 1.54) is 12.0 Å². The number of fused-ring (bicyclic) bond motifs is 5. The van der Waals surface area contributed by atoms with Crippen LogP contribution in [0.15, 0.2) is 23.3 Å². The Kier molecular flexibility index (Phi) is 3.03. The van der Waals surface area contributed by atoms with E-state index in [0.717, 1.165) is 38.5 Å². The van der Waals surface area contributed by atoms with Gasteiger partial charge in [-0.25, -0.2) is 0 Å². The van der Waals surface area contributed by atoms with Gasteiger partial charge in [-0.15, -0.1) is 0 Å². The normalized spacial score (nSPS) is 52.2. The topological polar surface area (TPSA) is 17.1 Å². The molecule has 122 valence electrons. The number of rotatable bonds is 0. The Morgan fingerprint density at radius 3 is 2.30 bits per heavy atom. The number of carbonyl (C=O) groups is 1. The average Bonchev–Trinajstić information content (AvgIpc) is 2.75. The molecule has 1 unspecified atom stereocenters. The molecule has 0 aromatic carbocycles. The zero-order chi connectivity index (χ0) is 16.7. The number of ketones is 1. The van der Waals surface area contributed by atoms with Crippen molar-refractivity contribution in [1.82, 2.24) is 0 Å². The zero-order valence-electron chi connectivity index (χ0n) is 15.2. The molecule has 0 aromatic rings. The smallest absolute Gasteiger partial charge is 0.139 e. The molecule has 2 heteroatoms. The summed E-state index contributed by atoms with van der Waals surface area (Å²) >= 11 is 0. The Morgan fingerprint density at radius 2 is 1.57 bits per heavy atom. The molecule has 0 N–H and O–H groups in total. The minimum Gasteiger partial charge on any atom is -0.299 e. The predicted octanol–water partition coefficient (Wildman–Crippen LogP) is 5.18. The first-order chi connectivity index (χ1) is 10.7. The van der Waals surface area contributed by atoms with Crippen molar-refractivity contribution in [2.24, 2.45) is 21.7 Å². The van der Waals surface area contributed by atoms with Crippen LogP contribution in [0.4, 0.5) is 0 Å². The fraction of sp³-hybridized carbons (Fsp3) is 0.762. The molecule has 2 radical (unpaired) electrons. The van der Waals surface area contributed by atoms with E-state index in [1.54, 1.807) is 5.57 Å². The van der Waals surface area contributed by atoms with E-state index in [2.05, 4.69) is 39.8 Å². The van der Waals surface area contributed by atoms with E-state index < -0.39 is 0 Å². The lowest BCUT2D eigenvalue weighted by Gasteiger charge is -2.68. The molecule has 3 saturated carbocycles. The minimum absolute atomic E-state index is 0.117. The van der Waals surface area contributed by atoms with Gasteiger partial charge in [-0.3, -0.25) is 4.79 Å². The Bertz CT molecular complexity index is 646. The van der Waals surface area contributed by atoms with Crippen LogP contribution < -0.4 is 0 Å². The lowest BCUT2D eigenvalue weighted by Crippen LogP contribution is -2.61. The Morgan fingerprint density at radius 1 is 0.957 bits per heavy atom. The van der Waals surface area contributed by atoms with E-state index in [0.29, 0.717) is 5.78 Å². The summed E-state index contributed by atoms with van der Waals surface area (Å²) in [4.78, 5) is 12.7. The molecule has 4 aliphatic rings. The summed E-state index contributed by atoms with van der Waals surface area (Å²) in [5.41, 5.74) is 3.46. The van der Waals surface area contributed by atoms with Gasteiger partial charge >= 0.3 is 0 Å². The van der Waals surface area contributed by atoms with Crippen molar-refractivity contribution in [2.45, 2.75) is 78.5 Å². The van der Waals surface area contributed by atoms with Gasteiger partial charge in [0, 0.05) is 11.8 Å². The fourth-order valence-electron chi connectivity index (χ4n) is 6.88. The lowest BCUT2D eigenvalue weighted by atomic mass is 9.35. The number of carbonyl (C=O) groups excluding carboxylic acids is 1. The van der Waals surface area contributed by atoms with Crippen molar-refractivity contribution in [1.29, 1.82) is 0 Å². The second kappa shape index (κ2) is 4.43. The van der Waals surface area contributed by atoms with Gasteiger partial charge in [0.2, 0.25) is 0 Å². The van der Waals surface area contributed by atoms with Gasteiger partial charge in [0.1, 0.15) is 5.78 Å². The van der Waals surface area contributed by atoms with Crippen LogP contribution >= 0.6 is 0 Å². The van der Waals surface area contributed by atoms with Gasteiger partial charge in [0.15, 0.2) is 0 Å². The van der Waals surface area contributed by atoms with Gasteiger partial charge in [-0.2, -0.15) is 0 Å². The fourth-order valence-corrected chi connectivity index (χ4v) is 6.88. The van der Waals surface area contributed by atoms with Crippen LogP contribution in [-0.4, -0.2) is 13.6 Å². The summed E-state index contributed by atoms with van der Waals surface area (Å²) in [6, 6.07) is 0. The van der Waals surface area contributed by atoms with Crippen molar-refractivity contribution >= 4 is 13.6 Å². The highest BCUT2D eigenvalue weighted by molar-refractivity contribution is 6.13. The molecule has 4 aliphatic carbocycles. The standard InChI is InChI=1S/C21H29BO/c1-18-11-12-19(2)17(23)8-10-21(19,4)20(18,3)9-7-14-13-15(22)5-6-16(14)18/h6,13,15H,5,7-12H2,1-4H3/t15?,18-,19-,20-,21-/m1/s1. The van der Waals surface area contributed by atoms with Gasteiger partial charge in [-0.05, 0) is 65.9 Å². The highest BCUT2D eigenvalue weighted by Gasteiger charge is 2.71. The summed E-state index contributed by atoms with van der Waals surface area (Å²) in [6.07, 6.45) is 12.1. The number of Topliss-reactive ketones (excluding diaryl/α,β-unsaturated/α-hetero) is 1. The molecule has 0 aliphatic heterocycles. The molecule has 0 amide bonds. The molecule has 23 heavy (non-hydrogen) atoms. The second-order valence-corrected chi connectivity index (χ2v) is 9.46. The monoisotopic (exact) mass is 308 g/mol. The van der Waals surface area contributed by atoms with Crippen molar-refractivity contribution in [3.63, 3.8) is 0 Å². The van der Waals surface area contributed by atoms with Crippen LogP contribution in [-0.2, 0) is 4.79 Å². The predicted molar refractivity (Wildman–Crippen MR) is 95.4 cm³/mol.